The minimum absolute atomic E-state index is 0.0536. The quantitative estimate of drug-likeness (QED) is 0.624. The molecule has 0 bridgehead atoms. The van der Waals surface area contributed by atoms with Crippen LogP contribution < -0.4 is 5.32 Å². The van der Waals surface area contributed by atoms with Gasteiger partial charge in [-0.25, -0.2) is 9.97 Å². The number of amides is 1. The van der Waals surface area contributed by atoms with E-state index in [4.69, 9.17) is 0 Å². The third-order valence-corrected chi connectivity index (χ3v) is 4.25. The molecule has 0 unspecified atom stereocenters. The average Bonchev–Trinajstić information content (AvgIpc) is 2.45. The van der Waals surface area contributed by atoms with Crippen LogP contribution in [-0.4, -0.2) is 33.0 Å². The van der Waals surface area contributed by atoms with Crippen molar-refractivity contribution in [2.24, 2.45) is 0 Å². The number of thioether (sulfide) groups is 1. The van der Waals surface area contributed by atoms with Crippen molar-refractivity contribution in [3.63, 3.8) is 0 Å². The van der Waals surface area contributed by atoms with E-state index in [0.29, 0.717) is 18.6 Å². The monoisotopic (exact) mass is 331 g/mol. The largest absolute Gasteiger partial charge is 0.351 e. The van der Waals surface area contributed by atoms with Crippen molar-refractivity contribution in [2.45, 2.75) is 44.2 Å². The molecule has 2 rings (SSSR count). The Bertz CT molecular complexity index is 711. The molecule has 1 heterocycles. The molecule has 1 aromatic heterocycles. The lowest BCUT2D eigenvalue weighted by Gasteiger charge is -2.25. The lowest BCUT2D eigenvalue weighted by Crippen LogP contribution is -2.44. The number of carbonyl (C=O) groups excluding carboxylic acids is 2. The molecule has 0 fully saturated rings. The summed E-state index contributed by atoms with van der Waals surface area (Å²) in [6, 6.07) is 7.81. The molecule has 0 saturated heterocycles. The number of fused-ring (bicyclic) bond motifs is 1. The molecule has 1 N–H and O–H groups in total. The van der Waals surface area contributed by atoms with Gasteiger partial charge in [0.05, 0.1) is 5.52 Å². The van der Waals surface area contributed by atoms with Gasteiger partial charge < -0.3 is 5.32 Å². The SMILES string of the molecule is CC(=O)CC(C)(C)NC(=O)CCSc1ncnc2ccccc12. The van der Waals surface area contributed by atoms with Gasteiger partial charge in [0, 0.05) is 29.5 Å². The molecule has 0 aliphatic carbocycles. The van der Waals surface area contributed by atoms with Crippen molar-refractivity contribution in [3.8, 4) is 0 Å². The molecule has 6 heteroatoms. The number of aromatic nitrogens is 2. The molecule has 0 aliphatic rings. The zero-order valence-electron chi connectivity index (χ0n) is 13.6. The van der Waals surface area contributed by atoms with E-state index in [1.165, 1.54) is 18.7 Å². The summed E-state index contributed by atoms with van der Waals surface area (Å²) >= 11 is 1.54. The molecule has 1 aromatic carbocycles. The van der Waals surface area contributed by atoms with E-state index < -0.39 is 5.54 Å². The van der Waals surface area contributed by atoms with E-state index in [1.54, 1.807) is 6.33 Å². The number of benzene rings is 1. The van der Waals surface area contributed by atoms with Crippen LogP contribution in [0.4, 0.5) is 0 Å². The Morgan fingerprint density at radius 2 is 1.96 bits per heavy atom. The smallest absolute Gasteiger partial charge is 0.221 e. The second-order valence-electron chi connectivity index (χ2n) is 6.11. The Hall–Kier alpha value is -1.95. The average molecular weight is 331 g/mol. The number of nitrogens with one attached hydrogen (secondary N) is 1. The highest BCUT2D eigenvalue weighted by molar-refractivity contribution is 7.99. The fraction of sp³-hybridized carbons (Fsp3) is 0.412. The Balaban J connectivity index is 1.89. The number of hydrogen-bond acceptors (Lipinski definition) is 5. The topological polar surface area (TPSA) is 72.0 Å². The summed E-state index contributed by atoms with van der Waals surface area (Å²) in [4.78, 5) is 31.7. The number of para-hydroxylation sites is 1. The number of nitrogens with zero attached hydrogens (tertiary/aromatic N) is 2. The summed E-state index contributed by atoms with van der Waals surface area (Å²) in [6.07, 6.45) is 2.26. The number of hydrogen-bond donors (Lipinski definition) is 1. The first-order valence-corrected chi connectivity index (χ1v) is 8.49. The summed E-state index contributed by atoms with van der Waals surface area (Å²) in [5.41, 5.74) is 0.395. The molecule has 2 aromatic rings. The van der Waals surface area contributed by atoms with E-state index in [-0.39, 0.29) is 11.7 Å². The van der Waals surface area contributed by atoms with Crippen LogP contribution in [0.2, 0.25) is 0 Å². The summed E-state index contributed by atoms with van der Waals surface area (Å²) in [5, 5.41) is 4.78. The number of ketones is 1. The molecule has 0 radical (unpaired) electrons. The fourth-order valence-corrected chi connectivity index (χ4v) is 3.37. The zero-order chi connectivity index (χ0) is 16.9. The number of rotatable bonds is 7. The predicted molar refractivity (Wildman–Crippen MR) is 92.4 cm³/mol. The molecule has 23 heavy (non-hydrogen) atoms. The van der Waals surface area contributed by atoms with E-state index in [0.717, 1.165) is 15.9 Å². The Morgan fingerprint density at radius 1 is 1.22 bits per heavy atom. The molecular formula is C17H21N3O2S. The Kier molecular flexibility index (Phi) is 5.71. The lowest BCUT2D eigenvalue weighted by molar-refractivity contribution is -0.123. The van der Waals surface area contributed by atoms with Crippen LogP contribution >= 0.6 is 11.8 Å². The van der Waals surface area contributed by atoms with Gasteiger partial charge in [0.1, 0.15) is 17.1 Å². The van der Waals surface area contributed by atoms with Gasteiger partial charge in [-0.15, -0.1) is 11.8 Å². The summed E-state index contributed by atoms with van der Waals surface area (Å²) in [6.45, 7) is 5.25. The highest BCUT2D eigenvalue weighted by atomic mass is 32.2. The first kappa shape index (κ1) is 17.4. The molecule has 122 valence electrons. The van der Waals surface area contributed by atoms with Crippen molar-refractivity contribution in [3.05, 3.63) is 30.6 Å². The van der Waals surface area contributed by atoms with E-state index in [9.17, 15) is 9.59 Å². The minimum atomic E-state index is -0.505. The van der Waals surface area contributed by atoms with Crippen LogP contribution in [-0.2, 0) is 9.59 Å². The van der Waals surface area contributed by atoms with Gasteiger partial charge in [0.2, 0.25) is 5.91 Å². The normalized spacial score (nSPS) is 11.4. The molecule has 0 saturated carbocycles. The third kappa shape index (κ3) is 5.32. The second-order valence-corrected chi connectivity index (χ2v) is 7.19. The van der Waals surface area contributed by atoms with Crippen LogP contribution in [0.15, 0.2) is 35.6 Å². The second kappa shape index (κ2) is 7.55. The Morgan fingerprint density at radius 3 is 2.70 bits per heavy atom. The van der Waals surface area contributed by atoms with Crippen molar-refractivity contribution >= 4 is 34.4 Å². The highest BCUT2D eigenvalue weighted by Crippen LogP contribution is 2.24. The molecule has 1 amide bonds. The standard InChI is InChI=1S/C17H21N3O2S/c1-12(21)10-17(2,3)20-15(22)8-9-23-16-13-6-4-5-7-14(13)18-11-19-16/h4-7,11H,8-10H2,1-3H3,(H,20,22). The number of Topliss-reactive ketones (excluding diaryl/α,β-unsaturated/α-hetero) is 1. The molecule has 0 spiro atoms. The van der Waals surface area contributed by atoms with Gasteiger partial charge >= 0.3 is 0 Å². The molecule has 0 atom stereocenters. The van der Waals surface area contributed by atoms with E-state index in [1.807, 2.05) is 38.1 Å². The first-order valence-electron chi connectivity index (χ1n) is 7.50. The van der Waals surface area contributed by atoms with Crippen LogP contribution in [0.5, 0.6) is 0 Å². The van der Waals surface area contributed by atoms with Gasteiger partial charge in [-0.2, -0.15) is 0 Å². The summed E-state index contributed by atoms with van der Waals surface area (Å²) in [5.74, 6) is 0.641. The van der Waals surface area contributed by atoms with Gasteiger partial charge in [0.25, 0.3) is 0 Å². The maximum atomic E-state index is 12.0. The van der Waals surface area contributed by atoms with Crippen LogP contribution in [0.25, 0.3) is 10.9 Å². The maximum Gasteiger partial charge on any atom is 0.221 e. The van der Waals surface area contributed by atoms with Crippen molar-refractivity contribution in [1.29, 1.82) is 0 Å². The van der Waals surface area contributed by atoms with Crippen LogP contribution in [0, 0.1) is 0 Å². The third-order valence-electron chi connectivity index (χ3n) is 3.24. The van der Waals surface area contributed by atoms with Gasteiger partial charge in [0.15, 0.2) is 0 Å². The fourth-order valence-electron chi connectivity index (χ4n) is 2.44. The zero-order valence-corrected chi connectivity index (χ0v) is 14.4. The summed E-state index contributed by atoms with van der Waals surface area (Å²) < 4.78 is 0. The van der Waals surface area contributed by atoms with Gasteiger partial charge in [-0.1, -0.05) is 18.2 Å². The lowest BCUT2D eigenvalue weighted by atomic mass is 9.98. The van der Waals surface area contributed by atoms with Crippen molar-refractivity contribution in [1.82, 2.24) is 15.3 Å². The molecule has 5 nitrogen and oxygen atoms in total. The highest BCUT2D eigenvalue weighted by Gasteiger charge is 2.22. The Labute approximate surface area is 140 Å². The molecule has 0 aliphatic heterocycles. The van der Waals surface area contributed by atoms with E-state index in [2.05, 4.69) is 15.3 Å². The van der Waals surface area contributed by atoms with Crippen LogP contribution in [0.1, 0.15) is 33.6 Å². The number of carbonyl (C=O) groups is 2. The van der Waals surface area contributed by atoms with Crippen molar-refractivity contribution in [2.75, 3.05) is 5.75 Å². The first-order chi connectivity index (χ1) is 10.9. The van der Waals surface area contributed by atoms with Gasteiger partial charge in [-0.3, -0.25) is 9.59 Å². The van der Waals surface area contributed by atoms with Crippen LogP contribution in [0.3, 0.4) is 0 Å². The van der Waals surface area contributed by atoms with Gasteiger partial charge in [-0.05, 0) is 26.8 Å². The predicted octanol–water partition coefficient (Wildman–Crippen LogP) is 2.99. The van der Waals surface area contributed by atoms with E-state index >= 15 is 0 Å². The molecular weight excluding hydrogens is 310 g/mol. The maximum absolute atomic E-state index is 12.0. The van der Waals surface area contributed by atoms with Crippen molar-refractivity contribution < 1.29 is 9.59 Å². The minimum Gasteiger partial charge on any atom is -0.351 e. The summed E-state index contributed by atoms with van der Waals surface area (Å²) in [7, 11) is 0.